The molecule has 7 nitrogen and oxygen atoms in total. The zero-order chi connectivity index (χ0) is 24.5. The van der Waals surface area contributed by atoms with E-state index in [-0.39, 0.29) is 33.0 Å². The molecular weight excluding hydrogens is 464 g/mol. The van der Waals surface area contributed by atoms with Crippen LogP contribution in [0.25, 0.3) is 0 Å². The van der Waals surface area contributed by atoms with Crippen molar-refractivity contribution >= 4 is 29.9 Å². The maximum absolute atomic E-state index is 12.4. The van der Waals surface area contributed by atoms with E-state index < -0.39 is 20.2 Å². The highest BCUT2D eigenvalue weighted by molar-refractivity contribution is 8.77. The van der Waals surface area contributed by atoms with Crippen LogP contribution < -0.4 is 11.2 Å². The Kier molecular flexibility index (Phi) is 9.00. The minimum absolute atomic E-state index is 0.0454. The smallest absolute Gasteiger partial charge is 0.330 e. The van der Waals surface area contributed by atoms with Crippen molar-refractivity contribution in [3.63, 3.8) is 0 Å². The van der Waals surface area contributed by atoms with Crippen LogP contribution in [0.4, 0.5) is 0 Å². The molecular formula is C22H40N2O5S2Si. The predicted octanol–water partition coefficient (Wildman–Crippen LogP) is 5.07. The minimum Gasteiger partial charge on any atom is -0.414 e. The fraction of sp³-hybridized carbons (Fsp3) is 0.818. The average molecular weight is 505 g/mol. The summed E-state index contributed by atoms with van der Waals surface area (Å²) in [7, 11) is 1.51. The molecule has 2 rings (SSSR count). The number of rotatable bonds is 8. The van der Waals surface area contributed by atoms with Gasteiger partial charge >= 0.3 is 5.69 Å². The normalized spacial score (nSPS) is 23.5. The molecule has 1 aliphatic heterocycles. The van der Waals surface area contributed by atoms with Crippen molar-refractivity contribution < 1.29 is 13.9 Å². The quantitative estimate of drug-likeness (QED) is 0.301. The molecule has 1 aromatic heterocycles. The molecule has 0 spiro atoms. The first-order valence-electron chi connectivity index (χ1n) is 11.1. The van der Waals surface area contributed by atoms with Crippen molar-refractivity contribution in [3.8, 4) is 0 Å². The van der Waals surface area contributed by atoms with E-state index >= 15 is 0 Å². The third-order valence-corrected chi connectivity index (χ3v) is 13.9. The highest BCUT2D eigenvalue weighted by atomic mass is 33.1. The van der Waals surface area contributed by atoms with Gasteiger partial charge in [-0.25, -0.2) is 4.79 Å². The molecule has 0 amide bonds. The number of aryl methyl sites for hydroxylation is 1. The van der Waals surface area contributed by atoms with E-state index in [1.165, 1.54) is 4.57 Å². The Morgan fingerprint density at radius 1 is 1.25 bits per heavy atom. The molecule has 32 heavy (non-hydrogen) atoms. The van der Waals surface area contributed by atoms with Gasteiger partial charge in [0.1, 0.15) is 17.8 Å². The zero-order valence-corrected chi connectivity index (χ0v) is 23.7. The zero-order valence-electron chi connectivity index (χ0n) is 21.1. The summed E-state index contributed by atoms with van der Waals surface area (Å²) >= 11 is 0. The molecule has 0 aliphatic carbocycles. The summed E-state index contributed by atoms with van der Waals surface area (Å²) in [5.41, 5.74) is -0.423. The number of ether oxygens (including phenoxy) is 2. The Morgan fingerprint density at radius 2 is 1.88 bits per heavy atom. The first-order chi connectivity index (χ1) is 14.5. The third kappa shape index (κ3) is 7.49. The second-order valence-electron chi connectivity index (χ2n) is 10.9. The van der Waals surface area contributed by atoms with Crippen molar-refractivity contribution in [2.45, 2.75) is 109 Å². The van der Waals surface area contributed by atoms with E-state index in [0.717, 1.165) is 0 Å². The second-order valence-corrected chi connectivity index (χ2v) is 19.1. The number of aromatic nitrogens is 2. The second kappa shape index (κ2) is 10.4. The SMILES string of the molecule is Cc1cn([C@H]2CC(OC(C)SSC(C)(C)C)[C@@H](CO[Si](C)(C)C(C)(C)C)O2)c(=O)[nH]c1=O. The van der Waals surface area contributed by atoms with Gasteiger partial charge in [-0.1, -0.05) is 63.1 Å². The fourth-order valence-corrected chi connectivity index (χ4v) is 5.99. The number of H-pyrrole nitrogens is 1. The summed E-state index contributed by atoms with van der Waals surface area (Å²) in [5.74, 6) is 0. The fourth-order valence-electron chi connectivity index (χ4n) is 2.95. The van der Waals surface area contributed by atoms with E-state index in [4.69, 9.17) is 13.9 Å². The molecule has 0 bridgehead atoms. The number of aromatic amines is 1. The van der Waals surface area contributed by atoms with Gasteiger partial charge in [-0.2, -0.15) is 0 Å². The molecule has 1 aromatic rings. The van der Waals surface area contributed by atoms with Crippen LogP contribution in [-0.2, 0) is 13.9 Å². The van der Waals surface area contributed by atoms with Crippen molar-refractivity contribution in [1.29, 1.82) is 0 Å². The van der Waals surface area contributed by atoms with Gasteiger partial charge in [0.15, 0.2) is 8.32 Å². The minimum atomic E-state index is -1.97. The lowest BCUT2D eigenvalue weighted by Gasteiger charge is -2.37. The van der Waals surface area contributed by atoms with Gasteiger partial charge in [0.05, 0.1) is 12.7 Å². The van der Waals surface area contributed by atoms with E-state index in [1.807, 2.05) is 6.92 Å². The van der Waals surface area contributed by atoms with Crippen LogP contribution in [-0.4, -0.2) is 46.9 Å². The van der Waals surface area contributed by atoms with E-state index in [9.17, 15) is 9.59 Å². The molecule has 10 heteroatoms. The predicted molar refractivity (Wildman–Crippen MR) is 137 cm³/mol. The van der Waals surface area contributed by atoms with Crippen LogP contribution >= 0.6 is 21.6 Å². The Balaban J connectivity index is 2.20. The van der Waals surface area contributed by atoms with Crippen molar-refractivity contribution in [2.75, 3.05) is 6.61 Å². The van der Waals surface area contributed by atoms with Gasteiger partial charge in [-0.05, 0) is 32.0 Å². The molecule has 2 heterocycles. The van der Waals surface area contributed by atoms with Gasteiger partial charge in [-0.15, -0.1) is 0 Å². The molecule has 1 N–H and O–H groups in total. The molecule has 0 saturated carbocycles. The van der Waals surface area contributed by atoms with Gasteiger partial charge in [0, 0.05) is 22.9 Å². The monoisotopic (exact) mass is 504 g/mol. The lowest BCUT2D eigenvalue weighted by atomic mass is 10.2. The van der Waals surface area contributed by atoms with E-state index in [1.54, 1.807) is 34.7 Å². The lowest BCUT2D eigenvalue weighted by Crippen LogP contribution is -2.44. The van der Waals surface area contributed by atoms with Gasteiger partial charge in [-0.3, -0.25) is 14.3 Å². The molecule has 0 aromatic carbocycles. The summed E-state index contributed by atoms with van der Waals surface area (Å²) in [5, 5.41) is 0.0841. The van der Waals surface area contributed by atoms with E-state index in [2.05, 4.69) is 59.6 Å². The van der Waals surface area contributed by atoms with Gasteiger partial charge in [0.25, 0.3) is 5.56 Å². The van der Waals surface area contributed by atoms with Crippen LogP contribution in [0.3, 0.4) is 0 Å². The molecule has 184 valence electrons. The maximum atomic E-state index is 12.4. The highest BCUT2D eigenvalue weighted by Gasteiger charge is 2.42. The number of nitrogens with one attached hydrogen (secondary N) is 1. The van der Waals surface area contributed by atoms with Crippen molar-refractivity contribution in [2.24, 2.45) is 0 Å². The Bertz CT molecular complexity index is 888. The topological polar surface area (TPSA) is 82.6 Å². The Hall–Kier alpha value is -0.523. The largest absolute Gasteiger partial charge is 0.414 e. The Morgan fingerprint density at radius 3 is 2.44 bits per heavy atom. The first kappa shape index (κ1) is 27.7. The molecule has 4 atom stereocenters. The van der Waals surface area contributed by atoms with Crippen LogP contribution in [0.5, 0.6) is 0 Å². The van der Waals surface area contributed by atoms with Crippen LogP contribution in [0.1, 0.15) is 66.7 Å². The molecule has 1 fully saturated rings. The summed E-state index contributed by atoms with van der Waals surface area (Å²) < 4.78 is 20.7. The van der Waals surface area contributed by atoms with E-state index in [0.29, 0.717) is 18.6 Å². The average Bonchev–Trinajstić information content (AvgIpc) is 3.02. The molecule has 2 unspecified atom stereocenters. The number of hydrogen-bond donors (Lipinski definition) is 1. The lowest BCUT2D eigenvalue weighted by molar-refractivity contribution is -0.0621. The van der Waals surface area contributed by atoms with Crippen LogP contribution in [0.2, 0.25) is 18.1 Å². The summed E-state index contributed by atoms with van der Waals surface area (Å²) in [6, 6.07) is 0. The summed E-state index contributed by atoms with van der Waals surface area (Å²) in [4.78, 5) is 26.6. The van der Waals surface area contributed by atoms with Crippen molar-refractivity contribution in [3.05, 3.63) is 32.6 Å². The maximum Gasteiger partial charge on any atom is 0.330 e. The van der Waals surface area contributed by atoms with Gasteiger partial charge < -0.3 is 13.9 Å². The highest BCUT2D eigenvalue weighted by Crippen LogP contribution is 2.41. The van der Waals surface area contributed by atoms with Gasteiger partial charge in [0.2, 0.25) is 0 Å². The summed E-state index contributed by atoms with van der Waals surface area (Å²) in [6.45, 7) is 21.7. The Labute approximate surface area is 200 Å². The van der Waals surface area contributed by atoms with Crippen LogP contribution in [0.15, 0.2) is 15.8 Å². The van der Waals surface area contributed by atoms with Crippen LogP contribution in [0, 0.1) is 6.92 Å². The summed E-state index contributed by atoms with van der Waals surface area (Å²) in [6.07, 6.45) is 1.06. The standard InChI is InChI=1S/C22H40N2O5S2Si/c1-14-12-24(20(26)23-19(14)25)18-11-16(28-15(2)30-31-21(3,4)5)17(29-18)13-27-32(9,10)22(6,7)8/h12,15-18H,11,13H2,1-10H3,(H,23,25,26)/t15?,16?,17-,18-/m1/s1. The molecule has 0 radical (unpaired) electrons. The first-order valence-corrected chi connectivity index (χ1v) is 16.2. The molecule has 1 aliphatic rings. The molecule has 1 saturated heterocycles. The number of nitrogens with zero attached hydrogens (tertiary/aromatic N) is 1. The van der Waals surface area contributed by atoms with Crippen molar-refractivity contribution in [1.82, 2.24) is 9.55 Å². The number of hydrogen-bond acceptors (Lipinski definition) is 7. The third-order valence-electron chi connectivity index (χ3n) is 5.85.